The molecular weight excluding hydrogens is 182 g/mol. The van der Waals surface area contributed by atoms with E-state index in [0.29, 0.717) is 0 Å². The second-order valence-corrected chi connectivity index (χ2v) is 1.55. The fraction of sp³-hybridized carbons (Fsp3) is 0. The molecule has 0 aromatic carbocycles. The molecular formula is C3H7N2NaO4P+. The first kappa shape index (κ1) is 17.4. The first-order chi connectivity index (χ1) is 4.23. The minimum Gasteiger partial charge on any atom is -0.870 e. The van der Waals surface area contributed by atoms with E-state index < -0.39 is 8.25 Å². The summed E-state index contributed by atoms with van der Waals surface area (Å²) in [5, 5.41) is 3.72. The van der Waals surface area contributed by atoms with Crippen LogP contribution in [0.1, 0.15) is 0 Å². The third-order valence-corrected chi connectivity index (χ3v) is 0.455. The molecule has 6 nitrogen and oxygen atoms in total. The number of allylic oxidation sites excluding steroid dienone is 1. The Kier molecular flexibility index (Phi) is 20.6. The van der Waals surface area contributed by atoms with Crippen molar-refractivity contribution in [3.8, 4) is 0 Å². The molecule has 1 unspecified atom stereocenters. The first-order valence-electron chi connectivity index (χ1n) is 2.08. The minimum absolute atomic E-state index is 0. The Morgan fingerprint density at radius 1 is 1.64 bits per heavy atom. The fourth-order valence-electron chi connectivity index (χ4n) is 0.248. The number of hydrogen-bond acceptors (Lipinski definition) is 4. The Bertz CT molecular complexity index is 136. The zero-order valence-corrected chi connectivity index (χ0v) is 8.81. The van der Waals surface area contributed by atoms with E-state index in [2.05, 4.69) is 5.10 Å². The van der Waals surface area contributed by atoms with Crippen LogP contribution in [0.15, 0.2) is 17.4 Å². The van der Waals surface area contributed by atoms with Crippen molar-refractivity contribution >= 4 is 14.5 Å². The van der Waals surface area contributed by atoms with Crippen LogP contribution in [0, 0.1) is 0 Å². The molecule has 0 spiro atoms. The normalized spacial score (nSPS) is 12.0. The van der Waals surface area contributed by atoms with E-state index in [0.717, 1.165) is 0 Å². The molecule has 0 saturated carbocycles. The van der Waals surface area contributed by atoms with E-state index in [1.54, 1.807) is 11.6 Å². The molecule has 0 saturated heterocycles. The predicted molar refractivity (Wildman–Crippen MR) is 31.3 cm³/mol. The largest absolute Gasteiger partial charge is 1.00 e. The van der Waals surface area contributed by atoms with Gasteiger partial charge in [0.2, 0.25) is 0 Å². The Balaban J connectivity index is -0.000000101. The SMILES string of the molecule is C1=C[NH2+]N=C1.O=[P+]([O-])O.[Na+].[OH-]. The molecule has 4 N–H and O–H groups in total. The van der Waals surface area contributed by atoms with E-state index in [-0.39, 0.29) is 35.0 Å². The van der Waals surface area contributed by atoms with E-state index in [9.17, 15) is 0 Å². The van der Waals surface area contributed by atoms with Crippen LogP contribution in [0.25, 0.3) is 0 Å². The third kappa shape index (κ3) is 25.2. The van der Waals surface area contributed by atoms with Crippen molar-refractivity contribution < 1.29 is 54.8 Å². The fourth-order valence-corrected chi connectivity index (χ4v) is 0.248. The molecule has 8 heteroatoms. The smallest absolute Gasteiger partial charge is 0.870 e. The molecule has 11 heavy (non-hydrogen) atoms. The second kappa shape index (κ2) is 13.0. The van der Waals surface area contributed by atoms with Gasteiger partial charge in [-0.2, -0.15) is 10.3 Å². The molecule has 0 radical (unpaired) electrons. The van der Waals surface area contributed by atoms with Gasteiger partial charge in [0.05, 0.1) is 6.21 Å². The molecule has 0 fully saturated rings. The van der Waals surface area contributed by atoms with Gasteiger partial charge in [0.15, 0.2) is 0 Å². The van der Waals surface area contributed by atoms with Gasteiger partial charge in [-0.15, -0.1) is 0 Å². The number of rotatable bonds is 0. The Morgan fingerprint density at radius 3 is 2.18 bits per heavy atom. The summed E-state index contributed by atoms with van der Waals surface area (Å²) < 4.78 is 8.59. The summed E-state index contributed by atoms with van der Waals surface area (Å²) >= 11 is 0. The molecule has 0 aliphatic carbocycles. The maximum atomic E-state index is 8.59. The van der Waals surface area contributed by atoms with E-state index in [1.807, 2.05) is 12.3 Å². The van der Waals surface area contributed by atoms with Crippen molar-refractivity contribution in [2.24, 2.45) is 5.10 Å². The molecule has 1 heterocycles. The van der Waals surface area contributed by atoms with Crippen molar-refractivity contribution in [3.05, 3.63) is 12.3 Å². The third-order valence-electron chi connectivity index (χ3n) is 0.455. The van der Waals surface area contributed by atoms with Crippen LogP contribution in [-0.2, 0) is 4.57 Å². The number of hydrogen-bond donors (Lipinski definition) is 2. The van der Waals surface area contributed by atoms with Gasteiger partial charge < -0.3 is 10.4 Å². The van der Waals surface area contributed by atoms with Gasteiger partial charge in [-0.1, -0.05) is 5.10 Å². The Labute approximate surface area is 86.6 Å². The van der Waals surface area contributed by atoms with Crippen LogP contribution in [0.4, 0.5) is 0 Å². The zero-order valence-electron chi connectivity index (χ0n) is 5.91. The van der Waals surface area contributed by atoms with Gasteiger partial charge in [-0.05, 0) is 4.57 Å². The summed E-state index contributed by atoms with van der Waals surface area (Å²) in [5.74, 6) is 0. The molecule has 1 rings (SSSR count). The average Bonchev–Trinajstić information content (AvgIpc) is 2.11. The van der Waals surface area contributed by atoms with Gasteiger partial charge in [0.1, 0.15) is 6.20 Å². The van der Waals surface area contributed by atoms with Gasteiger partial charge in [-0.3, -0.25) is 0 Å². The van der Waals surface area contributed by atoms with Gasteiger partial charge >= 0.3 is 37.8 Å². The number of nitrogens with two attached hydrogens (primary N) is 1. The van der Waals surface area contributed by atoms with E-state index >= 15 is 0 Å². The van der Waals surface area contributed by atoms with E-state index in [1.165, 1.54) is 0 Å². The van der Waals surface area contributed by atoms with Gasteiger partial charge in [0, 0.05) is 6.08 Å². The standard InChI is InChI=1S/C3H4N2.Na.HO3P.H2O/c1-2-4-5-3-1;;1-4(2)3;/h1-3H,(H,4,5);;(H,1,2,3);1H2/q;+1;;. The minimum atomic E-state index is -3.12. The van der Waals surface area contributed by atoms with Crippen LogP contribution >= 0.6 is 8.25 Å². The molecule has 0 bridgehead atoms. The monoisotopic (exact) mass is 189 g/mol. The summed E-state index contributed by atoms with van der Waals surface area (Å²) in [6, 6.07) is 0. The van der Waals surface area contributed by atoms with Crippen LogP contribution in [-0.4, -0.2) is 16.6 Å². The van der Waals surface area contributed by atoms with E-state index in [4.69, 9.17) is 14.4 Å². The van der Waals surface area contributed by atoms with Gasteiger partial charge in [0.25, 0.3) is 0 Å². The molecule has 58 valence electrons. The summed E-state index contributed by atoms with van der Waals surface area (Å²) in [5.41, 5.74) is 1.75. The summed E-state index contributed by atoms with van der Waals surface area (Å²) in [4.78, 5) is 15.6. The topological polar surface area (TPSA) is 119 Å². The Hall–Kier alpha value is 0.350. The van der Waals surface area contributed by atoms with Gasteiger partial charge in [-0.25, -0.2) is 0 Å². The zero-order chi connectivity index (χ0) is 7.11. The van der Waals surface area contributed by atoms with Crippen molar-refractivity contribution in [2.45, 2.75) is 0 Å². The van der Waals surface area contributed by atoms with Crippen LogP contribution in [0.3, 0.4) is 0 Å². The molecule has 0 aromatic rings. The Morgan fingerprint density at radius 2 is 2.09 bits per heavy atom. The summed E-state index contributed by atoms with van der Waals surface area (Å²) in [6.07, 6.45) is 5.53. The second-order valence-electron chi connectivity index (χ2n) is 1.07. The predicted octanol–water partition coefficient (Wildman–Crippen LogP) is -5.11. The molecule has 1 atom stereocenters. The van der Waals surface area contributed by atoms with Crippen molar-refractivity contribution in [3.63, 3.8) is 0 Å². The molecule has 0 amide bonds. The van der Waals surface area contributed by atoms with Crippen LogP contribution in [0.5, 0.6) is 0 Å². The van der Waals surface area contributed by atoms with Crippen LogP contribution < -0.4 is 39.9 Å². The quantitative estimate of drug-likeness (QED) is 0.225. The maximum Gasteiger partial charge on any atom is 1.00 e. The molecule has 1 aliphatic heterocycles. The summed E-state index contributed by atoms with van der Waals surface area (Å²) in [7, 11) is -3.12. The number of nitrogens with zero attached hydrogens (tertiary/aromatic N) is 1. The molecule has 1 aliphatic rings. The first-order valence-corrected chi connectivity index (χ1v) is 3.21. The summed E-state index contributed by atoms with van der Waals surface area (Å²) in [6.45, 7) is 0. The number of quaternary nitrogens is 1. The van der Waals surface area contributed by atoms with Crippen molar-refractivity contribution in [2.75, 3.05) is 0 Å². The average molecular weight is 189 g/mol. The van der Waals surface area contributed by atoms with Crippen LogP contribution in [0.2, 0.25) is 0 Å². The maximum absolute atomic E-state index is 8.59. The van der Waals surface area contributed by atoms with Crippen molar-refractivity contribution in [1.82, 2.24) is 0 Å². The molecule has 0 aromatic heterocycles. The van der Waals surface area contributed by atoms with Crippen molar-refractivity contribution in [1.29, 1.82) is 0 Å².